The first-order valence-corrected chi connectivity index (χ1v) is 15.3. The van der Waals surface area contributed by atoms with E-state index in [1.165, 1.54) is 71.6 Å². The minimum absolute atomic E-state index is 0.936. The molecular formula is C43H31N. The third-order valence-electron chi connectivity index (χ3n) is 8.82. The van der Waals surface area contributed by atoms with Crippen LogP contribution >= 0.6 is 0 Å². The number of anilines is 2. The van der Waals surface area contributed by atoms with Crippen LogP contribution in [0.2, 0.25) is 0 Å². The second kappa shape index (κ2) is 10.9. The summed E-state index contributed by atoms with van der Waals surface area (Å²) in [7, 11) is 0. The second-order valence-corrected chi connectivity index (χ2v) is 11.3. The van der Waals surface area contributed by atoms with E-state index in [1.54, 1.807) is 0 Å². The van der Waals surface area contributed by atoms with Gasteiger partial charge in [0.05, 0.1) is 0 Å². The fourth-order valence-corrected chi connectivity index (χ4v) is 6.76. The highest BCUT2D eigenvalue weighted by Gasteiger charge is 2.29. The molecule has 8 rings (SSSR count). The van der Waals surface area contributed by atoms with E-state index in [1.807, 2.05) is 0 Å². The van der Waals surface area contributed by atoms with Crippen molar-refractivity contribution in [1.29, 1.82) is 0 Å². The summed E-state index contributed by atoms with van der Waals surface area (Å²) in [5, 5.41) is 8.72. The van der Waals surface area contributed by atoms with Gasteiger partial charge in [0.1, 0.15) is 0 Å². The van der Waals surface area contributed by atoms with Gasteiger partial charge in [-0.2, -0.15) is 0 Å². The molecule has 0 aromatic heterocycles. The van der Waals surface area contributed by atoms with Gasteiger partial charge in [-0.25, -0.2) is 0 Å². The molecule has 0 radical (unpaired) electrons. The zero-order valence-electron chi connectivity index (χ0n) is 24.6. The van der Waals surface area contributed by atoms with Crippen LogP contribution in [0.3, 0.4) is 0 Å². The van der Waals surface area contributed by atoms with Gasteiger partial charge in [-0.15, -0.1) is 5.73 Å². The highest BCUT2D eigenvalue weighted by molar-refractivity contribution is 6.12. The molecule has 0 saturated carbocycles. The standard InChI is InChI=1S/C43H31N/c1-2-3-4-5-6-7-19-36-30-15-9-8-14-29(30)21-27-41(36)44-42-28-26-34(31-16-12-13-20-37(31)42)35-22-23-38-32-17-10-11-18-33(32)39-24-25-40(35)43(38)39/h2-3,5-23,25-28,44H,4H2,1H3/b3-2-,6-5?,19-7+. The van der Waals surface area contributed by atoms with Crippen LogP contribution in [-0.4, -0.2) is 0 Å². The number of nitrogens with one attached hydrogen (secondary N) is 1. The van der Waals surface area contributed by atoms with Crippen LogP contribution in [0.4, 0.5) is 11.4 Å². The Balaban J connectivity index is 1.21. The number of benzene rings is 6. The van der Waals surface area contributed by atoms with Crippen LogP contribution in [0, 0.1) is 0 Å². The zero-order valence-corrected chi connectivity index (χ0v) is 24.6. The fourth-order valence-electron chi connectivity index (χ4n) is 6.76. The molecule has 0 amide bonds. The van der Waals surface area contributed by atoms with Gasteiger partial charge in [0.15, 0.2) is 0 Å². The lowest BCUT2D eigenvalue weighted by atomic mass is 9.90. The molecule has 0 fully saturated rings. The molecule has 0 atom stereocenters. The predicted octanol–water partition coefficient (Wildman–Crippen LogP) is 12.0. The minimum atomic E-state index is 0.936. The zero-order chi connectivity index (χ0) is 29.5. The molecule has 0 heterocycles. The van der Waals surface area contributed by atoms with Crippen molar-refractivity contribution in [1.82, 2.24) is 0 Å². The Morgan fingerprint density at radius 3 is 2.20 bits per heavy atom. The van der Waals surface area contributed by atoms with E-state index in [0.717, 1.165) is 17.8 Å². The van der Waals surface area contributed by atoms with Crippen LogP contribution in [0.5, 0.6) is 0 Å². The average Bonchev–Trinajstić information content (AvgIpc) is 3.66. The summed E-state index contributed by atoms with van der Waals surface area (Å²) >= 11 is 0. The van der Waals surface area contributed by atoms with Crippen molar-refractivity contribution in [3.05, 3.63) is 168 Å². The van der Waals surface area contributed by atoms with Crippen molar-refractivity contribution in [2.75, 3.05) is 5.32 Å². The average molecular weight is 562 g/mol. The van der Waals surface area contributed by atoms with E-state index in [2.05, 4.69) is 170 Å². The van der Waals surface area contributed by atoms with E-state index in [-0.39, 0.29) is 0 Å². The van der Waals surface area contributed by atoms with Gasteiger partial charge in [-0.05, 0) is 81.1 Å². The van der Waals surface area contributed by atoms with E-state index in [0.29, 0.717) is 0 Å². The molecular weight excluding hydrogens is 530 g/mol. The molecule has 0 bridgehead atoms. The molecule has 1 N–H and O–H groups in total. The van der Waals surface area contributed by atoms with Crippen molar-refractivity contribution < 1.29 is 0 Å². The van der Waals surface area contributed by atoms with Crippen LogP contribution in [0.1, 0.15) is 35.6 Å². The third kappa shape index (κ3) is 4.26. The normalized spacial score (nSPS) is 13.1. The van der Waals surface area contributed by atoms with E-state index >= 15 is 0 Å². The Morgan fingerprint density at radius 2 is 1.32 bits per heavy atom. The van der Waals surface area contributed by atoms with E-state index < -0.39 is 0 Å². The van der Waals surface area contributed by atoms with Crippen molar-refractivity contribution in [3.63, 3.8) is 0 Å². The summed E-state index contributed by atoms with van der Waals surface area (Å²) in [5.74, 6) is 0. The van der Waals surface area contributed by atoms with Crippen molar-refractivity contribution in [3.8, 4) is 22.3 Å². The third-order valence-corrected chi connectivity index (χ3v) is 8.82. The van der Waals surface area contributed by atoms with Gasteiger partial charge in [0, 0.05) is 33.5 Å². The Bertz CT molecular complexity index is 2270. The summed E-state index contributed by atoms with van der Waals surface area (Å²) in [4.78, 5) is 0. The van der Waals surface area contributed by atoms with Crippen molar-refractivity contribution in [2.45, 2.75) is 13.3 Å². The van der Waals surface area contributed by atoms with E-state index in [4.69, 9.17) is 0 Å². The molecule has 2 aliphatic carbocycles. The van der Waals surface area contributed by atoms with Crippen molar-refractivity contribution in [2.24, 2.45) is 0 Å². The molecule has 0 spiro atoms. The topological polar surface area (TPSA) is 12.0 Å². The van der Waals surface area contributed by atoms with Crippen LogP contribution in [0.15, 0.2) is 145 Å². The summed E-state index contributed by atoms with van der Waals surface area (Å²) < 4.78 is 0. The lowest BCUT2D eigenvalue weighted by Crippen LogP contribution is -1.96. The molecule has 1 nitrogen and oxygen atoms in total. The smallest absolute Gasteiger partial charge is 0.0464 e. The first kappa shape index (κ1) is 26.0. The molecule has 1 heteroatoms. The molecule has 44 heavy (non-hydrogen) atoms. The van der Waals surface area contributed by atoms with Crippen molar-refractivity contribution >= 4 is 50.6 Å². The molecule has 6 aromatic rings. The Morgan fingerprint density at radius 1 is 0.591 bits per heavy atom. The summed E-state index contributed by atoms with van der Waals surface area (Å²) in [6, 6.07) is 39.5. The molecule has 2 aliphatic rings. The van der Waals surface area contributed by atoms with Gasteiger partial charge < -0.3 is 5.32 Å². The summed E-state index contributed by atoms with van der Waals surface area (Å²) in [6.07, 6.45) is 16.0. The maximum Gasteiger partial charge on any atom is 0.0464 e. The maximum absolute atomic E-state index is 3.83. The van der Waals surface area contributed by atoms with Crippen LogP contribution in [-0.2, 0) is 0 Å². The lowest BCUT2D eigenvalue weighted by molar-refractivity contribution is 1.38. The SMILES string of the molecule is C/C=C\CC=C/C=C/c1c(Nc2ccc(-c3ccc4c5c3C=C=C5c3ccccc3-4)c3ccccc23)ccc2ccccc12. The maximum atomic E-state index is 3.83. The number of hydrogen-bond donors (Lipinski definition) is 1. The summed E-state index contributed by atoms with van der Waals surface area (Å²) in [5.41, 5.74) is 17.2. The van der Waals surface area contributed by atoms with E-state index in [9.17, 15) is 0 Å². The van der Waals surface area contributed by atoms with Gasteiger partial charge in [0.2, 0.25) is 0 Å². The van der Waals surface area contributed by atoms with Gasteiger partial charge >= 0.3 is 0 Å². The number of fused-ring (bicyclic) bond motifs is 5. The van der Waals surface area contributed by atoms with Crippen LogP contribution in [0.25, 0.3) is 61.5 Å². The van der Waals surface area contributed by atoms with Crippen LogP contribution < -0.4 is 5.32 Å². The lowest BCUT2D eigenvalue weighted by Gasteiger charge is -2.17. The van der Waals surface area contributed by atoms with Gasteiger partial charge in [0.25, 0.3) is 0 Å². The predicted molar refractivity (Wildman–Crippen MR) is 190 cm³/mol. The molecule has 0 aliphatic heterocycles. The number of allylic oxidation sites excluding steroid dienone is 5. The fraction of sp³-hybridized carbons (Fsp3) is 0.0465. The Hall–Kier alpha value is -5.62. The molecule has 208 valence electrons. The highest BCUT2D eigenvalue weighted by atomic mass is 14.9. The Kier molecular flexibility index (Phi) is 6.45. The quantitative estimate of drug-likeness (QED) is 0.116. The van der Waals surface area contributed by atoms with Gasteiger partial charge in [-0.1, -0.05) is 134 Å². The molecule has 0 unspecified atom stereocenters. The second-order valence-electron chi connectivity index (χ2n) is 11.3. The molecule has 0 saturated heterocycles. The van der Waals surface area contributed by atoms with Gasteiger partial charge in [-0.3, -0.25) is 0 Å². The molecule has 6 aromatic carbocycles. The highest BCUT2D eigenvalue weighted by Crippen LogP contribution is 2.51. The first-order valence-electron chi connectivity index (χ1n) is 15.3. The number of rotatable bonds is 7. The monoisotopic (exact) mass is 561 g/mol. The Labute approximate surface area is 258 Å². The number of hydrogen-bond acceptors (Lipinski definition) is 1. The largest absolute Gasteiger partial charge is 0.355 e. The minimum Gasteiger partial charge on any atom is -0.355 e. The summed E-state index contributed by atoms with van der Waals surface area (Å²) in [6.45, 7) is 2.05. The first-order chi connectivity index (χ1) is 21.8.